The first-order valence-corrected chi connectivity index (χ1v) is 9.72. The highest BCUT2D eigenvalue weighted by molar-refractivity contribution is 5.91. The summed E-state index contributed by atoms with van der Waals surface area (Å²) in [7, 11) is 0. The van der Waals surface area contributed by atoms with Crippen LogP contribution in [0.3, 0.4) is 0 Å². The summed E-state index contributed by atoms with van der Waals surface area (Å²) in [5, 5.41) is 18.9. The Morgan fingerprint density at radius 1 is 1.09 bits per heavy atom. The van der Waals surface area contributed by atoms with Gasteiger partial charge in [0.1, 0.15) is 11.3 Å². The van der Waals surface area contributed by atoms with Gasteiger partial charge in [-0.3, -0.25) is 4.79 Å². The van der Waals surface area contributed by atoms with E-state index in [1.165, 1.54) is 48.6 Å². The molecule has 0 unspecified atom stereocenters. The van der Waals surface area contributed by atoms with E-state index in [1.807, 2.05) is 0 Å². The number of amides is 1. The van der Waals surface area contributed by atoms with Gasteiger partial charge in [-0.05, 0) is 60.0 Å². The number of carboxylic acids is 1. The molecule has 9 heteroatoms. The molecule has 0 atom stereocenters. The van der Waals surface area contributed by atoms with E-state index in [2.05, 4.69) is 5.32 Å². The Morgan fingerprint density at radius 2 is 1.79 bits per heavy atom. The molecule has 0 bridgehead atoms. The maximum absolute atomic E-state index is 13.7. The maximum Gasteiger partial charge on any atom is 0.420 e. The zero-order valence-corrected chi connectivity index (χ0v) is 17.4. The standard InChI is InChI=1S/C24H19F3N2O4/c1-2-14(12-28)3-8-21(30)29-13-19-10-18-9-17(11-20(22(18)33-19)24(25,26)27)15-4-6-16(7-5-15)23(31)32/h2-12,28H,13H2,1H3,(H,29,30)(H,31,32)/b8-3+,14-2-,28-12?. The molecular formula is C24H19F3N2O4. The van der Waals surface area contributed by atoms with E-state index in [4.69, 9.17) is 14.9 Å². The summed E-state index contributed by atoms with van der Waals surface area (Å²) in [6.07, 6.45) is 0.676. The molecule has 6 nitrogen and oxygen atoms in total. The van der Waals surface area contributed by atoms with E-state index in [1.54, 1.807) is 13.0 Å². The number of halogens is 3. The minimum absolute atomic E-state index is 0.0217. The molecular weight excluding hydrogens is 437 g/mol. The third kappa shape index (κ3) is 5.57. The lowest BCUT2D eigenvalue weighted by Gasteiger charge is -2.10. The third-order valence-electron chi connectivity index (χ3n) is 4.80. The van der Waals surface area contributed by atoms with Gasteiger partial charge in [-0.2, -0.15) is 13.2 Å². The van der Waals surface area contributed by atoms with Crippen molar-refractivity contribution in [3.05, 3.63) is 83.2 Å². The van der Waals surface area contributed by atoms with E-state index >= 15 is 0 Å². The maximum atomic E-state index is 13.7. The minimum atomic E-state index is -4.69. The highest BCUT2D eigenvalue weighted by atomic mass is 19.4. The second-order valence-corrected chi connectivity index (χ2v) is 7.02. The van der Waals surface area contributed by atoms with Gasteiger partial charge < -0.3 is 20.2 Å². The van der Waals surface area contributed by atoms with Gasteiger partial charge in [-0.15, -0.1) is 0 Å². The summed E-state index contributed by atoms with van der Waals surface area (Å²) in [4.78, 5) is 23.0. The second kappa shape index (κ2) is 9.56. The highest BCUT2D eigenvalue weighted by Crippen LogP contribution is 2.39. The molecule has 0 aliphatic carbocycles. The van der Waals surface area contributed by atoms with Crippen LogP contribution in [0.2, 0.25) is 0 Å². The SMILES string of the molecule is C/C=C(C=N)/C=C/C(=O)NCc1cc2cc(-c3ccc(C(=O)O)cc3)cc(C(F)(F)F)c2o1. The molecule has 3 aromatic rings. The summed E-state index contributed by atoms with van der Waals surface area (Å²) < 4.78 is 46.5. The molecule has 1 aromatic heterocycles. The number of fused-ring (bicyclic) bond motifs is 1. The van der Waals surface area contributed by atoms with Crippen LogP contribution < -0.4 is 5.32 Å². The van der Waals surface area contributed by atoms with Crippen molar-refractivity contribution in [2.24, 2.45) is 0 Å². The van der Waals surface area contributed by atoms with Crippen LogP contribution >= 0.6 is 0 Å². The minimum Gasteiger partial charge on any atom is -0.478 e. The number of rotatable bonds is 7. The average molecular weight is 456 g/mol. The largest absolute Gasteiger partial charge is 0.478 e. The van der Waals surface area contributed by atoms with Crippen molar-refractivity contribution in [1.29, 1.82) is 5.41 Å². The lowest BCUT2D eigenvalue weighted by molar-refractivity contribution is -0.136. The molecule has 0 fully saturated rings. The average Bonchev–Trinajstić information content (AvgIpc) is 3.20. The van der Waals surface area contributed by atoms with Gasteiger partial charge >= 0.3 is 12.1 Å². The summed E-state index contributed by atoms with van der Waals surface area (Å²) in [5.41, 5.74) is -0.121. The molecule has 1 heterocycles. The Morgan fingerprint density at radius 3 is 2.36 bits per heavy atom. The Hall–Kier alpha value is -4.14. The number of allylic oxidation sites excluding steroid dienone is 3. The quantitative estimate of drug-likeness (QED) is 0.245. The second-order valence-electron chi connectivity index (χ2n) is 7.02. The van der Waals surface area contributed by atoms with Crippen LogP contribution in [0.1, 0.15) is 28.6 Å². The van der Waals surface area contributed by atoms with Crippen molar-refractivity contribution in [1.82, 2.24) is 5.32 Å². The molecule has 0 aliphatic rings. The third-order valence-corrected chi connectivity index (χ3v) is 4.80. The summed E-state index contributed by atoms with van der Waals surface area (Å²) >= 11 is 0. The van der Waals surface area contributed by atoms with Crippen LogP contribution in [0.15, 0.2) is 70.7 Å². The Labute approximate surface area is 186 Å². The number of alkyl halides is 3. The van der Waals surface area contributed by atoms with Crippen LogP contribution in [0, 0.1) is 5.41 Å². The van der Waals surface area contributed by atoms with Gasteiger partial charge in [0, 0.05) is 17.7 Å². The van der Waals surface area contributed by atoms with E-state index in [-0.39, 0.29) is 34.4 Å². The van der Waals surface area contributed by atoms with Crippen molar-refractivity contribution < 1.29 is 32.3 Å². The van der Waals surface area contributed by atoms with Gasteiger partial charge in [-0.1, -0.05) is 18.2 Å². The van der Waals surface area contributed by atoms with E-state index < -0.39 is 23.6 Å². The molecule has 0 aliphatic heterocycles. The predicted octanol–water partition coefficient (Wildman–Crippen LogP) is 5.59. The molecule has 3 N–H and O–H groups in total. The molecule has 1 amide bonds. The number of aromatic carboxylic acids is 1. The molecule has 0 spiro atoms. The van der Waals surface area contributed by atoms with E-state index in [9.17, 15) is 22.8 Å². The van der Waals surface area contributed by atoms with Crippen LogP contribution in [-0.2, 0) is 17.5 Å². The van der Waals surface area contributed by atoms with Crippen molar-refractivity contribution in [2.75, 3.05) is 0 Å². The topological polar surface area (TPSA) is 103 Å². The Balaban J connectivity index is 1.92. The first-order chi connectivity index (χ1) is 15.6. The molecule has 33 heavy (non-hydrogen) atoms. The lowest BCUT2D eigenvalue weighted by Crippen LogP contribution is -2.19. The number of carboxylic acid groups (broad SMARTS) is 1. The monoisotopic (exact) mass is 456 g/mol. The number of benzene rings is 2. The summed E-state index contributed by atoms with van der Waals surface area (Å²) in [5.74, 6) is -1.50. The van der Waals surface area contributed by atoms with Crippen LogP contribution in [0.4, 0.5) is 13.2 Å². The fraction of sp³-hybridized carbons (Fsp3) is 0.125. The van der Waals surface area contributed by atoms with Crippen LogP contribution in [0.25, 0.3) is 22.1 Å². The van der Waals surface area contributed by atoms with E-state index in [0.717, 1.165) is 12.3 Å². The van der Waals surface area contributed by atoms with Crippen molar-refractivity contribution in [3.63, 3.8) is 0 Å². The zero-order chi connectivity index (χ0) is 24.2. The highest BCUT2D eigenvalue weighted by Gasteiger charge is 2.35. The van der Waals surface area contributed by atoms with Gasteiger partial charge in [0.05, 0.1) is 17.7 Å². The fourth-order valence-corrected chi connectivity index (χ4v) is 3.11. The molecule has 170 valence electrons. The fourth-order valence-electron chi connectivity index (χ4n) is 3.11. The van der Waals surface area contributed by atoms with Gasteiger partial charge in [-0.25, -0.2) is 4.79 Å². The number of carbonyl (C=O) groups excluding carboxylic acids is 1. The Kier molecular flexibility index (Phi) is 6.81. The summed E-state index contributed by atoms with van der Waals surface area (Å²) in [6.45, 7) is 1.58. The smallest absolute Gasteiger partial charge is 0.420 e. The molecule has 0 saturated heterocycles. The van der Waals surface area contributed by atoms with Crippen molar-refractivity contribution >= 4 is 29.1 Å². The molecule has 3 rings (SSSR count). The number of nitrogens with one attached hydrogen (secondary N) is 2. The molecule has 0 saturated carbocycles. The van der Waals surface area contributed by atoms with Crippen molar-refractivity contribution in [2.45, 2.75) is 19.6 Å². The first kappa shape index (κ1) is 23.5. The number of furan rings is 1. The van der Waals surface area contributed by atoms with Gasteiger partial charge in [0.15, 0.2) is 0 Å². The first-order valence-electron chi connectivity index (χ1n) is 9.72. The number of hydrogen-bond donors (Lipinski definition) is 3. The lowest BCUT2D eigenvalue weighted by atomic mass is 9.99. The Bertz CT molecular complexity index is 1270. The number of carbonyl (C=O) groups is 2. The summed E-state index contributed by atoms with van der Waals surface area (Å²) in [6, 6.07) is 9.38. The van der Waals surface area contributed by atoms with E-state index in [0.29, 0.717) is 11.1 Å². The van der Waals surface area contributed by atoms with Crippen molar-refractivity contribution in [3.8, 4) is 11.1 Å². The zero-order valence-electron chi connectivity index (χ0n) is 17.4. The predicted molar refractivity (Wildman–Crippen MR) is 117 cm³/mol. The van der Waals surface area contributed by atoms with Crippen LogP contribution in [-0.4, -0.2) is 23.2 Å². The van der Waals surface area contributed by atoms with Crippen LogP contribution in [0.5, 0.6) is 0 Å². The van der Waals surface area contributed by atoms with Gasteiger partial charge in [0.25, 0.3) is 0 Å². The molecule has 0 radical (unpaired) electrons. The molecule has 2 aromatic carbocycles. The number of hydrogen-bond acceptors (Lipinski definition) is 4. The normalized spacial score (nSPS) is 12.3. The van der Waals surface area contributed by atoms with Gasteiger partial charge in [0.2, 0.25) is 5.91 Å².